The number of anilines is 1. The third-order valence-corrected chi connectivity index (χ3v) is 12.6. The van der Waals surface area contributed by atoms with Crippen molar-refractivity contribution in [2.75, 3.05) is 25.1 Å². The van der Waals surface area contributed by atoms with Gasteiger partial charge in [0.25, 0.3) is 0 Å². The largest absolute Gasteiger partial charge is 0.363 e. The van der Waals surface area contributed by atoms with Crippen LogP contribution in [0.4, 0.5) is 5.82 Å². The van der Waals surface area contributed by atoms with Crippen LogP contribution >= 0.6 is 7.60 Å². The Hall–Kier alpha value is -6.49. The summed E-state index contributed by atoms with van der Waals surface area (Å²) in [6.07, 6.45) is 8.60. The van der Waals surface area contributed by atoms with Crippen LogP contribution in [0.15, 0.2) is 223 Å². The third kappa shape index (κ3) is 9.51. The molecule has 0 saturated carbocycles. The zero-order valence-electron chi connectivity index (χ0n) is 36.1. The van der Waals surface area contributed by atoms with Crippen molar-refractivity contribution >= 4 is 13.4 Å². The second-order valence-electron chi connectivity index (χ2n) is 16.1. The summed E-state index contributed by atoms with van der Waals surface area (Å²) < 4.78 is 28.2. The lowest BCUT2D eigenvalue weighted by Gasteiger charge is -2.52. The van der Waals surface area contributed by atoms with Crippen LogP contribution in [-0.2, 0) is 36.6 Å². The molecule has 0 aliphatic heterocycles. The van der Waals surface area contributed by atoms with Crippen molar-refractivity contribution in [3.8, 4) is 0 Å². The molecule has 6 aromatic carbocycles. The SMILES string of the molecule is CON(Cc1ccccc1)c1ccn(C(c2ccccc2)(c2ccccc2)[C@@]2(CC(COC(c3ccccc3)(c3ccccc3)c3ccccc3)OCP(=O)(O)O)C=CC=CC2)c(=O)n1. The van der Waals surface area contributed by atoms with E-state index in [1.54, 1.807) is 29.0 Å². The monoisotopic (exact) mass is 885 g/mol. The van der Waals surface area contributed by atoms with Crippen molar-refractivity contribution in [3.63, 3.8) is 0 Å². The van der Waals surface area contributed by atoms with E-state index in [1.807, 2.05) is 194 Å². The van der Waals surface area contributed by atoms with Crippen molar-refractivity contribution in [1.82, 2.24) is 9.55 Å². The molecule has 1 unspecified atom stereocenters. The lowest BCUT2D eigenvalue weighted by molar-refractivity contribution is -0.0753. The molecule has 0 bridgehead atoms. The van der Waals surface area contributed by atoms with E-state index in [2.05, 4.69) is 12.2 Å². The van der Waals surface area contributed by atoms with Crippen LogP contribution in [0.3, 0.4) is 0 Å². The molecule has 1 heterocycles. The van der Waals surface area contributed by atoms with Crippen LogP contribution in [0.2, 0.25) is 0 Å². The third-order valence-electron chi connectivity index (χ3n) is 12.1. The zero-order chi connectivity index (χ0) is 45.2. The van der Waals surface area contributed by atoms with Crippen LogP contribution < -0.4 is 10.8 Å². The molecule has 11 heteroatoms. The molecule has 0 saturated heterocycles. The second-order valence-corrected chi connectivity index (χ2v) is 17.7. The molecule has 330 valence electrons. The number of allylic oxidation sites excluding steroid dienone is 4. The Morgan fingerprint density at radius 3 is 1.60 bits per heavy atom. The summed E-state index contributed by atoms with van der Waals surface area (Å²) in [5, 5.41) is 1.58. The summed E-state index contributed by atoms with van der Waals surface area (Å²) in [5.74, 6) is 0.330. The van der Waals surface area contributed by atoms with Gasteiger partial charge in [-0.2, -0.15) is 4.98 Å². The van der Waals surface area contributed by atoms with E-state index in [9.17, 15) is 14.4 Å². The Bertz CT molecular complexity index is 2630. The number of aromatic nitrogens is 2. The lowest BCUT2D eigenvalue weighted by atomic mass is 9.57. The van der Waals surface area contributed by atoms with E-state index in [0.717, 1.165) is 33.4 Å². The van der Waals surface area contributed by atoms with E-state index < -0.39 is 42.3 Å². The van der Waals surface area contributed by atoms with Crippen LogP contribution in [0.1, 0.15) is 46.2 Å². The molecular formula is C54H52N3O7P. The van der Waals surface area contributed by atoms with Gasteiger partial charge in [0.2, 0.25) is 0 Å². The number of rotatable bonds is 19. The maximum Gasteiger partial charge on any atom is 0.350 e. The van der Waals surface area contributed by atoms with Gasteiger partial charge >= 0.3 is 13.3 Å². The van der Waals surface area contributed by atoms with Gasteiger partial charge in [-0.25, -0.2) is 9.86 Å². The average Bonchev–Trinajstić information content (AvgIpc) is 3.35. The highest BCUT2D eigenvalue weighted by atomic mass is 31.2. The topological polar surface area (TPSA) is 123 Å². The van der Waals surface area contributed by atoms with E-state index in [0.29, 0.717) is 18.8 Å². The molecule has 8 rings (SSSR count). The van der Waals surface area contributed by atoms with Gasteiger partial charge in [-0.15, -0.1) is 0 Å². The average molecular weight is 886 g/mol. The van der Waals surface area contributed by atoms with Gasteiger partial charge in [-0.05, 0) is 52.3 Å². The molecule has 0 spiro atoms. The molecule has 1 aliphatic rings. The molecule has 7 aromatic rings. The first kappa shape index (κ1) is 45.1. The van der Waals surface area contributed by atoms with Crippen molar-refractivity contribution in [2.24, 2.45) is 5.41 Å². The van der Waals surface area contributed by atoms with Crippen molar-refractivity contribution < 1.29 is 28.7 Å². The maximum atomic E-state index is 15.1. The normalized spacial score (nSPS) is 15.7. The van der Waals surface area contributed by atoms with E-state index in [4.69, 9.17) is 19.3 Å². The summed E-state index contributed by atoms with van der Waals surface area (Å²) >= 11 is 0. The minimum Gasteiger partial charge on any atom is -0.363 e. The predicted molar refractivity (Wildman–Crippen MR) is 254 cm³/mol. The Morgan fingerprint density at radius 2 is 1.17 bits per heavy atom. The van der Waals surface area contributed by atoms with Crippen LogP contribution in [0.5, 0.6) is 0 Å². The molecule has 1 aliphatic carbocycles. The number of ether oxygens (including phenoxy) is 2. The van der Waals surface area contributed by atoms with Gasteiger partial charge in [0.15, 0.2) is 5.82 Å². The van der Waals surface area contributed by atoms with Gasteiger partial charge in [0.1, 0.15) is 17.5 Å². The van der Waals surface area contributed by atoms with Crippen molar-refractivity contribution in [2.45, 2.75) is 36.6 Å². The van der Waals surface area contributed by atoms with Gasteiger partial charge in [0, 0.05) is 11.6 Å². The maximum absolute atomic E-state index is 15.1. The minimum absolute atomic E-state index is 0.105. The van der Waals surface area contributed by atoms with Gasteiger partial charge in [-0.3, -0.25) is 14.0 Å². The Balaban J connectivity index is 1.32. The molecule has 0 fully saturated rings. The Morgan fingerprint density at radius 1 is 0.692 bits per heavy atom. The molecular weight excluding hydrogens is 834 g/mol. The summed E-state index contributed by atoms with van der Waals surface area (Å²) in [7, 11) is -3.15. The molecule has 0 amide bonds. The molecule has 1 aromatic heterocycles. The summed E-state index contributed by atoms with van der Waals surface area (Å²) in [6, 6.07) is 61.0. The Kier molecular flexibility index (Phi) is 14.0. The number of nitrogens with zero attached hydrogens (tertiary/aromatic N) is 3. The fourth-order valence-electron chi connectivity index (χ4n) is 9.39. The number of hydrogen-bond donors (Lipinski definition) is 2. The minimum atomic E-state index is -4.69. The van der Waals surface area contributed by atoms with Gasteiger partial charge < -0.3 is 19.3 Å². The highest BCUT2D eigenvalue weighted by molar-refractivity contribution is 7.51. The smallest absolute Gasteiger partial charge is 0.350 e. The van der Waals surface area contributed by atoms with Gasteiger partial charge in [0.05, 0.1) is 26.4 Å². The highest BCUT2D eigenvalue weighted by Gasteiger charge is 2.55. The summed E-state index contributed by atoms with van der Waals surface area (Å²) in [4.78, 5) is 46.4. The first-order valence-electron chi connectivity index (χ1n) is 21.6. The van der Waals surface area contributed by atoms with Gasteiger partial charge in [-0.1, -0.05) is 206 Å². The second kappa shape index (κ2) is 20.1. The number of benzene rings is 6. The lowest BCUT2D eigenvalue weighted by Crippen LogP contribution is -2.57. The van der Waals surface area contributed by atoms with Crippen LogP contribution in [0, 0.1) is 5.41 Å². The van der Waals surface area contributed by atoms with E-state index in [1.165, 1.54) is 0 Å². The predicted octanol–water partition coefficient (Wildman–Crippen LogP) is 10.0. The summed E-state index contributed by atoms with van der Waals surface area (Å²) in [5.41, 5.74) is 1.06. The highest BCUT2D eigenvalue weighted by Crippen LogP contribution is 2.55. The van der Waals surface area contributed by atoms with E-state index in [-0.39, 0.29) is 13.0 Å². The molecule has 2 atom stereocenters. The fourth-order valence-corrected chi connectivity index (χ4v) is 9.79. The first-order chi connectivity index (χ1) is 31.7. The summed E-state index contributed by atoms with van der Waals surface area (Å²) in [6.45, 7) is 0.245. The fraction of sp³-hybridized carbons (Fsp3) is 0.185. The van der Waals surface area contributed by atoms with Crippen LogP contribution in [-0.4, -0.2) is 45.5 Å². The standard InChI is InChI=1S/C54H52N3O7P/c1-62-57(40-43-23-9-2-10-24-43)50-35-38-56(51(58)55-50)54(47-31-17-6-18-32-47,48-33-19-7-20-34-48)52(36-21-8-22-37-52)39-49(63-42-65(59,60)61)41-64-53(44-25-11-3-12-26-44,45-27-13-4-14-28-45)46-29-15-5-16-30-46/h2-36,38,49H,37,39-42H2,1H3,(H2,59,60,61)/t49?,52-/m0/s1. The molecule has 0 radical (unpaired) electrons. The molecule has 65 heavy (non-hydrogen) atoms. The molecule has 10 nitrogen and oxygen atoms in total. The number of hydrogen-bond acceptors (Lipinski definition) is 7. The molecule has 2 N–H and O–H groups in total. The van der Waals surface area contributed by atoms with Crippen molar-refractivity contribution in [3.05, 3.63) is 262 Å². The van der Waals surface area contributed by atoms with Crippen molar-refractivity contribution in [1.29, 1.82) is 0 Å². The first-order valence-corrected chi connectivity index (χ1v) is 23.4. The Labute approximate surface area is 379 Å². The number of hydroxylamine groups is 1. The van der Waals surface area contributed by atoms with Crippen LogP contribution in [0.25, 0.3) is 0 Å². The van der Waals surface area contributed by atoms with E-state index >= 15 is 4.79 Å². The quantitative estimate of drug-likeness (QED) is 0.0464. The zero-order valence-corrected chi connectivity index (χ0v) is 37.0.